The van der Waals surface area contributed by atoms with Crippen LogP contribution in [0, 0.1) is 13.8 Å². The maximum absolute atomic E-state index is 5.46. The van der Waals surface area contributed by atoms with Gasteiger partial charge in [0, 0.05) is 23.8 Å². The summed E-state index contributed by atoms with van der Waals surface area (Å²) in [5, 5.41) is 4.48. The lowest BCUT2D eigenvalue weighted by Crippen LogP contribution is -2.07. The molecule has 7 nitrogen and oxygen atoms in total. The molecular formula is C19H17N5O2S. The highest BCUT2D eigenvalue weighted by atomic mass is 32.1. The Morgan fingerprint density at radius 1 is 1.15 bits per heavy atom. The van der Waals surface area contributed by atoms with Crippen LogP contribution in [-0.4, -0.2) is 26.3 Å². The normalized spacial score (nSPS) is 12.7. The van der Waals surface area contributed by atoms with Gasteiger partial charge in [0.2, 0.25) is 12.7 Å². The fourth-order valence-corrected chi connectivity index (χ4v) is 3.97. The van der Waals surface area contributed by atoms with Crippen molar-refractivity contribution >= 4 is 27.4 Å². The van der Waals surface area contributed by atoms with Crippen LogP contribution in [0.3, 0.4) is 0 Å². The smallest absolute Gasteiger partial charge is 0.238 e. The van der Waals surface area contributed by atoms with Gasteiger partial charge >= 0.3 is 0 Å². The molecule has 0 unspecified atom stereocenters. The van der Waals surface area contributed by atoms with Gasteiger partial charge in [-0.1, -0.05) is 6.07 Å². The molecule has 1 aliphatic heterocycles. The Balaban J connectivity index is 1.50. The molecule has 0 amide bonds. The molecule has 8 heteroatoms. The fraction of sp³-hybridized carbons (Fsp3) is 0.211. The molecule has 27 heavy (non-hydrogen) atoms. The van der Waals surface area contributed by atoms with E-state index in [2.05, 4.69) is 23.3 Å². The second-order valence-corrected chi connectivity index (χ2v) is 7.57. The van der Waals surface area contributed by atoms with E-state index in [9.17, 15) is 0 Å². The molecule has 0 saturated heterocycles. The van der Waals surface area contributed by atoms with Crippen molar-refractivity contribution in [1.82, 2.24) is 19.5 Å². The molecule has 0 atom stereocenters. The number of hydrogen-bond donors (Lipinski definition) is 1. The average Bonchev–Trinajstić information content (AvgIpc) is 3.37. The fourth-order valence-electron chi connectivity index (χ4n) is 3.10. The summed E-state index contributed by atoms with van der Waals surface area (Å²) in [6, 6.07) is 8.07. The quantitative estimate of drug-likeness (QED) is 0.581. The van der Waals surface area contributed by atoms with Gasteiger partial charge in [0.05, 0.1) is 5.39 Å². The third-order valence-corrected chi connectivity index (χ3v) is 5.39. The molecular weight excluding hydrogens is 362 g/mol. The number of aromatic nitrogens is 4. The van der Waals surface area contributed by atoms with Gasteiger partial charge < -0.3 is 14.8 Å². The van der Waals surface area contributed by atoms with Crippen LogP contribution in [0.4, 0.5) is 5.82 Å². The van der Waals surface area contributed by atoms with E-state index >= 15 is 0 Å². The Kier molecular flexibility index (Phi) is 3.71. The zero-order valence-electron chi connectivity index (χ0n) is 14.9. The first kappa shape index (κ1) is 16.1. The molecule has 1 N–H and O–H groups in total. The van der Waals surface area contributed by atoms with Crippen LogP contribution in [0.2, 0.25) is 0 Å². The SMILES string of the molecule is Cc1cc2c(NCc3ccc4c(c3)OCO4)nc(-n3ccnc3C)nc2s1. The summed E-state index contributed by atoms with van der Waals surface area (Å²) in [6.07, 6.45) is 3.63. The molecule has 0 saturated carbocycles. The third kappa shape index (κ3) is 2.87. The van der Waals surface area contributed by atoms with Crippen LogP contribution < -0.4 is 14.8 Å². The molecule has 0 fully saturated rings. The number of thiophene rings is 1. The van der Waals surface area contributed by atoms with Crippen LogP contribution in [-0.2, 0) is 6.54 Å². The van der Waals surface area contributed by atoms with Crippen molar-refractivity contribution in [3.63, 3.8) is 0 Å². The molecule has 5 rings (SSSR count). The van der Waals surface area contributed by atoms with E-state index in [1.165, 1.54) is 4.88 Å². The number of nitrogens with one attached hydrogen (secondary N) is 1. The minimum absolute atomic E-state index is 0.278. The summed E-state index contributed by atoms with van der Waals surface area (Å²) in [7, 11) is 0. The Labute approximate surface area is 159 Å². The van der Waals surface area contributed by atoms with E-state index < -0.39 is 0 Å². The Morgan fingerprint density at radius 2 is 2.04 bits per heavy atom. The Morgan fingerprint density at radius 3 is 2.89 bits per heavy atom. The predicted molar refractivity (Wildman–Crippen MR) is 104 cm³/mol. The van der Waals surface area contributed by atoms with E-state index in [0.29, 0.717) is 12.5 Å². The maximum Gasteiger partial charge on any atom is 0.238 e. The lowest BCUT2D eigenvalue weighted by atomic mass is 10.2. The van der Waals surface area contributed by atoms with Crippen molar-refractivity contribution in [2.45, 2.75) is 20.4 Å². The van der Waals surface area contributed by atoms with Crippen LogP contribution in [0.5, 0.6) is 11.5 Å². The van der Waals surface area contributed by atoms with Crippen molar-refractivity contribution in [2.24, 2.45) is 0 Å². The molecule has 0 spiro atoms. The van der Waals surface area contributed by atoms with E-state index in [1.54, 1.807) is 17.5 Å². The zero-order valence-corrected chi connectivity index (χ0v) is 15.7. The maximum atomic E-state index is 5.46. The van der Waals surface area contributed by atoms with Gasteiger partial charge in [0.1, 0.15) is 16.5 Å². The molecule has 4 aromatic rings. The summed E-state index contributed by atoms with van der Waals surface area (Å²) in [5.74, 6) is 3.85. The first-order valence-corrected chi connectivity index (χ1v) is 9.40. The van der Waals surface area contributed by atoms with Gasteiger partial charge in [-0.2, -0.15) is 4.98 Å². The minimum atomic E-state index is 0.278. The minimum Gasteiger partial charge on any atom is -0.454 e. The summed E-state index contributed by atoms with van der Waals surface area (Å²) in [4.78, 5) is 15.9. The highest BCUT2D eigenvalue weighted by Gasteiger charge is 2.15. The largest absolute Gasteiger partial charge is 0.454 e. The second-order valence-electron chi connectivity index (χ2n) is 6.33. The highest BCUT2D eigenvalue weighted by Crippen LogP contribution is 2.33. The standard InChI is InChI=1S/C19H17N5O2S/c1-11-7-14-17(21-9-13-3-4-15-16(8-13)26-10-25-15)22-19(23-18(14)27-11)24-6-5-20-12(24)2/h3-8H,9-10H2,1-2H3,(H,21,22,23). The zero-order chi connectivity index (χ0) is 18.4. The number of rotatable bonds is 4. The van der Waals surface area contributed by atoms with Crippen molar-refractivity contribution < 1.29 is 9.47 Å². The number of anilines is 1. The first-order chi connectivity index (χ1) is 13.2. The summed E-state index contributed by atoms with van der Waals surface area (Å²) < 4.78 is 12.7. The van der Waals surface area contributed by atoms with Crippen LogP contribution >= 0.6 is 11.3 Å². The number of benzene rings is 1. The van der Waals surface area contributed by atoms with E-state index in [-0.39, 0.29) is 6.79 Å². The topological polar surface area (TPSA) is 74.1 Å². The molecule has 0 bridgehead atoms. The van der Waals surface area contributed by atoms with E-state index in [0.717, 1.165) is 38.9 Å². The number of hydrogen-bond acceptors (Lipinski definition) is 7. The number of nitrogens with zero attached hydrogens (tertiary/aromatic N) is 4. The second kappa shape index (κ2) is 6.24. The van der Waals surface area contributed by atoms with Crippen LogP contribution in [0.25, 0.3) is 16.2 Å². The number of ether oxygens (including phenoxy) is 2. The van der Waals surface area contributed by atoms with Gasteiger partial charge in [-0.25, -0.2) is 9.97 Å². The van der Waals surface area contributed by atoms with Crippen molar-refractivity contribution in [3.05, 3.63) is 52.9 Å². The monoisotopic (exact) mass is 379 g/mol. The molecule has 3 aromatic heterocycles. The summed E-state index contributed by atoms with van der Waals surface area (Å²) in [5.41, 5.74) is 1.10. The van der Waals surface area contributed by atoms with Crippen molar-refractivity contribution in [1.29, 1.82) is 0 Å². The van der Waals surface area contributed by atoms with Gasteiger partial charge in [0.15, 0.2) is 11.5 Å². The lowest BCUT2D eigenvalue weighted by molar-refractivity contribution is 0.174. The lowest BCUT2D eigenvalue weighted by Gasteiger charge is -2.10. The van der Waals surface area contributed by atoms with Crippen molar-refractivity contribution in [2.75, 3.05) is 12.1 Å². The summed E-state index contributed by atoms with van der Waals surface area (Å²) >= 11 is 1.66. The van der Waals surface area contributed by atoms with Gasteiger partial charge in [0.25, 0.3) is 0 Å². The Hall–Kier alpha value is -3.13. The molecule has 136 valence electrons. The van der Waals surface area contributed by atoms with E-state index in [1.807, 2.05) is 35.9 Å². The van der Waals surface area contributed by atoms with Crippen LogP contribution in [0.1, 0.15) is 16.3 Å². The van der Waals surface area contributed by atoms with Gasteiger partial charge in [-0.15, -0.1) is 11.3 Å². The molecule has 0 radical (unpaired) electrons. The number of fused-ring (bicyclic) bond motifs is 2. The average molecular weight is 379 g/mol. The molecule has 4 heterocycles. The molecule has 1 aromatic carbocycles. The van der Waals surface area contributed by atoms with Gasteiger partial charge in [-0.3, -0.25) is 4.57 Å². The van der Waals surface area contributed by atoms with E-state index in [4.69, 9.17) is 19.4 Å². The highest BCUT2D eigenvalue weighted by molar-refractivity contribution is 7.18. The Bertz CT molecular complexity index is 1150. The summed E-state index contributed by atoms with van der Waals surface area (Å²) in [6.45, 7) is 4.92. The predicted octanol–water partition coefficient (Wildman–Crippen LogP) is 3.83. The van der Waals surface area contributed by atoms with Crippen LogP contribution in [0.15, 0.2) is 36.7 Å². The first-order valence-electron chi connectivity index (χ1n) is 8.58. The number of aryl methyl sites for hydroxylation is 2. The van der Waals surface area contributed by atoms with Gasteiger partial charge in [-0.05, 0) is 37.6 Å². The third-order valence-electron chi connectivity index (χ3n) is 4.44. The molecule has 0 aliphatic carbocycles. The van der Waals surface area contributed by atoms with Crippen molar-refractivity contribution in [3.8, 4) is 17.4 Å². The number of imidazole rings is 1. The molecule has 1 aliphatic rings.